The smallest absolute Gasteiger partial charge is 0.322 e. The quantitative estimate of drug-likeness (QED) is 0.594. The van der Waals surface area contributed by atoms with E-state index in [1.807, 2.05) is 6.92 Å². The zero-order valence-electron chi connectivity index (χ0n) is 7.00. The predicted molar refractivity (Wildman–Crippen MR) is 48.3 cm³/mol. The van der Waals surface area contributed by atoms with Gasteiger partial charge in [0.15, 0.2) is 0 Å². The Bertz CT molecular complexity index is 161. The van der Waals surface area contributed by atoms with Gasteiger partial charge in [0.1, 0.15) is 6.54 Å². The minimum Gasteiger partial charge on any atom is -0.480 e. The van der Waals surface area contributed by atoms with Crippen LogP contribution in [0.5, 0.6) is 0 Å². The molecule has 4 nitrogen and oxygen atoms in total. The standard InChI is InChI=1S/C7H13NO3S/c1-2-3-12-5-6(9)8-4-7(10)11/h2-5H2,1H3,(H,8,9)(H,10,11). The zero-order chi connectivity index (χ0) is 9.40. The lowest BCUT2D eigenvalue weighted by molar-refractivity contribution is -0.137. The molecule has 0 aliphatic carbocycles. The van der Waals surface area contributed by atoms with Crippen molar-refractivity contribution in [2.24, 2.45) is 0 Å². The van der Waals surface area contributed by atoms with Gasteiger partial charge in [-0.2, -0.15) is 11.8 Å². The Morgan fingerprint density at radius 3 is 2.67 bits per heavy atom. The van der Waals surface area contributed by atoms with E-state index in [0.717, 1.165) is 12.2 Å². The van der Waals surface area contributed by atoms with Gasteiger partial charge in [-0.3, -0.25) is 9.59 Å². The largest absolute Gasteiger partial charge is 0.480 e. The second-order valence-corrected chi connectivity index (χ2v) is 3.33. The number of hydrogen-bond acceptors (Lipinski definition) is 3. The van der Waals surface area contributed by atoms with Crippen molar-refractivity contribution >= 4 is 23.6 Å². The first-order valence-corrected chi connectivity index (χ1v) is 4.88. The Hall–Kier alpha value is -0.710. The number of aliphatic carboxylic acids is 1. The molecule has 0 bridgehead atoms. The van der Waals surface area contributed by atoms with E-state index in [9.17, 15) is 9.59 Å². The number of rotatable bonds is 6. The maximum atomic E-state index is 10.8. The molecule has 70 valence electrons. The summed E-state index contributed by atoms with van der Waals surface area (Å²) in [6, 6.07) is 0. The van der Waals surface area contributed by atoms with Crippen LogP contribution < -0.4 is 5.32 Å². The van der Waals surface area contributed by atoms with Gasteiger partial charge in [0.05, 0.1) is 5.75 Å². The number of nitrogens with one attached hydrogen (secondary N) is 1. The van der Waals surface area contributed by atoms with Crippen molar-refractivity contribution in [1.82, 2.24) is 5.32 Å². The van der Waals surface area contributed by atoms with Crippen molar-refractivity contribution in [1.29, 1.82) is 0 Å². The molecule has 0 rings (SSSR count). The molecule has 0 spiro atoms. The van der Waals surface area contributed by atoms with Crippen LogP contribution in [0.4, 0.5) is 0 Å². The van der Waals surface area contributed by atoms with E-state index in [2.05, 4.69) is 5.32 Å². The number of amides is 1. The van der Waals surface area contributed by atoms with E-state index < -0.39 is 5.97 Å². The summed E-state index contributed by atoms with van der Waals surface area (Å²) < 4.78 is 0. The third-order valence-corrected chi connectivity index (χ3v) is 2.18. The van der Waals surface area contributed by atoms with Crippen LogP contribution in [0, 0.1) is 0 Å². The highest BCUT2D eigenvalue weighted by Gasteiger charge is 2.02. The molecule has 0 aliphatic heterocycles. The monoisotopic (exact) mass is 191 g/mol. The van der Waals surface area contributed by atoms with Crippen molar-refractivity contribution in [3.63, 3.8) is 0 Å². The lowest BCUT2D eigenvalue weighted by Crippen LogP contribution is -2.30. The summed E-state index contributed by atoms with van der Waals surface area (Å²) in [6.45, 7) is 1.74. The third-order valence-electron chi connectivity index (χ3n) is 1.02. The molecule has 0 aliphatic rings. The van der Waals surface area contributed by atoms with Gasteiger partial charge in [0.25, 0.3) is 0 Å². The van der Waals surface area contributed by atoms with Crippen molar-refractivity contribution < 1.29 is 14.7 Å². The molecule has 0 radical (unpaired) electrons. The van der Waals surface area contributed by atoms with Crippen LogP contribution in [-0.4, -0.2) is 35.0 Å². The number of hydrogen-bond donors (Lipinski definition) is 2. The summed E-state index contributed by atoms with van der Waals surface area (Å²) in [5.74, 6) is 0.0569. The summed E-state index contributed by atoms with van der Waals surface area (Å²) >= 11 is 1.51. The molecule has 0 aromatic heterocycles. The average Bonchev–Trinajstić information content (AvgIpc) is 2.01. The SMILES string of the molecule is CCCSCC(=O)NCC(=O)O. The van der Waals surface area contributed by atoms with Gasteiger partial charge >= 0.3 is 5.97 Å². The highest BCUT2D eigenvalue weighted by Crippen LogP contribution is 2.00. The van der Waals surface area contributed by atoms with Crippen molar-refractivity contribution in [2.45, 2.75) is 13.3 Å². The lowest BCUT2D eigenvalue weighted by Gasteiger charge is -2.00. The molecule has 0 unspecified atom stereocenters. The molecule has 0 saturated carbocycles. The van der Waals surface area contributed by atoms with E-state index in [0.29, 0.717) is 5.75 Å². The van der Waals surface area contributed by atoms with E-state index in [-0.39, 0.29) is 12.5 Å². The Kier molecular flexibility index (Phi) is 6.55. The summed E-state index contributed by atoms with van der Waals surface area (Å²) in [5.41, 5.74) is 0. The fourth-order valence-corrected chi connectivity index (χ4v) is 1.25. The van der Waals surface area contributed by atoms with E-state index in [1.165, 1.54) is 11.8 Å². The van der Waals surface area contributed by atoms with Crippen LogP contribution >= 0.6 is 11.8 Å². The fourth-order valence-electron chi connectivity index (χ4n) is 0.534. The van der Waals surface area contributed by atoms with E-state index in [4.69, 9.17) is 5.11 Å². The highest BCUT2D eigenvalue weighted by atomic mass is 32.2. The lowest BCUT2D eigenvalue weighted by atomic mass is 10.6. The molecule has 12 heavy (non-hydrogen) atoms. The van der Waals surface area contributed by atoms with Crippen LogP contribution in [-0.2, 0) is 9.59 Å². The first-order chi connectivity index (χ1) is 5.66. The van der Waals surface area contributed by atoms with Crippen molar-refractivity contribution in [3.8, 4) is 0 Å². The first-order valence-electron chi connectivity index (χ1n) is 3.73. The summed E-state index contributed by atoms with van der Waals surface area (Å²) in [4.78, 5) is 20.8. The number of carbonyl (C=O) groups excluding carboxylic acids is 1. The average molecular weight is 191 g/mol. The van der Waals surface area contributed by atoms with Gasteiger partial charge in [-0.05, 0) is 12.2 Å². The molecule has 0 aromatic carbocycles. The van der Waals surface area contributed by atoms with Crippen LogP contribution in [0.25, 0.3) is 0 Å². The molecule has 0 atom stereocenters. The van der Waals surface area contributed by atoms with Gasteiger partial charge in [-0.15, -0.1) is 0 Å². The molecule has 1 amide bonds. The predicted octanol–water partition coefficient (Wildman–Crippen LogP) is 0.330. The number of thioether (sulfide) groups is 1. The molecule has 0 fully saturated rings. The minimum absolute atomic E-state index is 0.212. The molecular weight excluding hydrogens is 178 g/mol. The van der Waals surface area contributed by atoms with Crippen LogP contribution in [0.3, 0.4) is 0 Å². The Balaban J connectivity index is 3.28. The number of carboxylic acids is 1. The van der Waals surface area contributed by atoms with Crippen LogP contribution in [0.2, 0.25) is 0 Å². The molecule has 0 saturated heterocycles. The molecule has 2 N–H and O–H groups in total. The maximum absolute atomic E-state index is 10.8. The Morgan fingerprint density at radius 2 is 2.17 bits per heavy atom. The third kappa shape index (κ3) is 7.40. The van der Waals surface area contributed by atoms with Gasteiger partial charge in [-0.25, -0.2) is 0 Å². The van der Waals surface area contributed by atoms with E-state index >= 15 is 0 Å². The van der Waals surface area contributed by atoms with Crippen molar-refractivity contribution in [2.75, 3.05) is 18.1 Å². The fraction of sp³-hybridized carbons (Fsp3) is 0.714. The zero-order valence-corrected chi connectivity index (χ0v) is 7.82. The molecule has 5 heteroatoms. The summed E-state index contributed by atoms with van der Waals surface area (Å²) in [7, 11) is 0. The van der Waals surface area contributed by atoms with Gasteiger partial charge < -0.3 is 10.4 Å². The number of carboxylic acid groups (broad SMARTS) is 1. The second-order valence-electron chi connectivity index (χ2n) is 2.22. The first kappa shape index (κ1) is 11.3. The maximum Gasteiger partial charge on any atom is 0.322 e. The summed E-state index contributed by atoms with van der Waals surface area (Å²) in [5, 5.41) is 10.5. The van der Waals surface area contributed by atoms with Gasteiger partial charge in [-0.1, -0.05) is 6.92 Å². The molecular formula is C7H13NO3S. The minimum atomic E-state index is -1.01. The topological polar surface area (TPSA) is 66.4 Å². The Labute approximate surface area is 75.7 Å². The van der Waals surface area contributed by atoms with Gasteiger partial charge in [0, 0.05) is 0 Å². The van der Waals surface area contributed by atoms with Gasteiger partial charge in [0.2, 0.25) is 5.91 Å². The van der Waals surface area contributed by atoms with Crippen molar-refractivity contribution in [3.05, 3.63) is 0 Å². The Morgan fingerprint density at radius 1 is 1.50 bits per heavy atom. The summed E-state index contributed by atoms with van der Waals surface area (Å²) in [6.07, 6.45) is 1.02. The second kappa shape index (κ2) is 6.97. The molecule has 0 aromatic rings. The normalized spacial score (nSPS) is 9.42. The van der Waals surface area contributed by atoms with Crippen LogP contribution in [0.1, 0.15) is 13.3 Å². The number of carbonyl (C=O) groups is 2. The molecule has 0 heterocycles. The highest BCUT2D eigenvalue weighted by molar-refractivity contribution is 7.99. The van der Waals surface area contributed by atoms with Crippen LogP contribution in [0.15, 0.2) is 0 Å². The van der Waals surface area contributed by atoms with E-state index in [1.54, 1.807) is 0 Å².